The lowest BCUT2D eigenvalue weighted by Crippen LogP contribution is -2.45. The second-order valence-corrected chi connectivity index (χ2v) is 9.58. The molecule has 0 aromatic carbocycles. The maximum Gasteiger partial charge on any atom is 0.307 e. The number of carboxylic acid groups (broad SMARTS) is 1. The third-order valence-corrected chi connectivity index (χ3v) is 7.71. The lowest BCUT2D eigenvalue weighted by atomic mass is 9.57. The highest BCUT2D eigenvalue weighted by atomic mass is 19.1. The molecule has 4 saturated carbocycles. The van der Waals surface area contributed by atoms with Gasteiger partial charge in [-0.2, -0.15) is 5.10 Å². The molecule has 4 fully saturated rings. The van der Waals surface area contributed by atoms with Crippen molar-refractivity contribution in [3.05, 3.63) is 35.3 Å². The Morgan fingerprint density at radius 2 is 1.88 bits per heavy atom. The van der Waals surface area contributed by atoms with E-state index in [9.17, 15) is 18.7 Å². The van der Waals surface area contributed by atoms with E-state index in [0.29, 0.717) is 5.39 Å². The van der Waals surface area contributed by atoms with Gasteiger partial charge in [0.25, 0.3) is 0 Å². The van der Waals surface area contributed by atoms with Crippen molar-refractivity contribution in [1.29, 1.82) is 0 Å². The fourth-order valence-electron chi connectivity index (χ4n) is 5.97. The summed E-state index contributed by atoms with van der Waals surface area (Å²) in [6, 6.07) is 1.24. The van der Waals surface area contributed by atoms with Crippen LogP contribution in [0.1, 0.15) is 49.4 Å². The smallest absolute Gasteiger partial charge is 0.307 e. The summed E-state index contributed by atoms with van der Waals surface area (Å²) in [4.78, 5) is 24.7. The molecule has 0 amide bonds. The largest absolute Gasteiger partial charge is 0.481 e. The molecule has 7 nitrogen and oxygen atoms in total. The predicted molar refractivity (Wildman–Crippen MR) is 111 cm³/mol. The molecule has 10 heteroatoms. The summed E-state index contributed by atoms with van der Waals surface area (Å²) in [5, 5.41) is 17.0. The lowest BCUT2D eigenvalue weighted by Gasteiger charge is -2.46. The van der Waals surface area contributed by atoms with Gasteiger partial charge in [-0.05, 0) is 62.3 Å². The summed E-state index contributed by atoms with van der Waals surface area (Å²) in [5.41, 5.74) is 0.607. The van der Waals surface area contributed by atoms with Gasteiger partial charge in [-0.3, -0.25) is 9.89 Å². The van der Waals surface area contributed by atoms with Crippen molar-refractivity contribution in [3.63, 3.8) is 0 Å². The number of rotatable bonds is 5. The zero-order valence-electron chi connectivity index (χ0n) is 17.6. The molecule has 2 bridgehead atoms. The van der Waals surface area contributed by atoms with Crippen LogP contribution in [0.4, 0.5) is 13.2 Å². The molecule has 172 valence electrons. The van der Waals surface area contributed by atoms with Gasteiger partial charge in [-0.25, -0.2) is 28.1 Å². The number of hydrogen-bond donors (Lipinski definition) is 2. The third kappa shape index (κ3) is 3.38. The van der Waals surface area contributed by atoms with Gasteiger partial charge < -0.3 is 5.11 Å². The molecular weight excluding hydrogens is 435 g/mol. The highest BCUT2D eigenvalue weighted by Crippen LogP contribution is 2.51. The minimum absolute atomic E-state index is 0.0116. The van der Waals surface area contributed by atoms with Crippen molar-refractivity contribution >= 4 is 17.0 Å². The van der Waals surface area contributed by atoms with Crippen LogP contribution in [-0.2, 0) is 11.2 Å². The average molecular weight is 457 g/mol. The van der Waals surface area contributed by atoms with Crippen LogP contribution in [0.5, 0.6) is 0 Å². The Labute approximate surface area is 186 Å². The number of aromatic nitrogens is 5. The van der Waals surface area contributed by atoms with Crippen molar-refractivity contribution < 1.29 is 23.1 Å². The van der Waals surface area contributed by atoms with Gasteiger partial charge in [0.2, 0.25) is 0 Å². The van der Waals surface area contributed by atoms with Crippen LogP contribution < -0.4 is 0 Å². The van der Waals surface area contributed by atoms with E-state index in [1.807, 2.05) is 0 Å². The Bertz CT molecular complexity index is 1260. The van der Waals surface area contributed by atoms with Crippen molar-refractivity contribution in [2.24, 2.45) is 23.7 Å². The van der Waals surface area contributed by atoms with Crippen molar-refractivity contribution in [2.75, 3.05) is 0 Å². The van der Waals surface area contributed by atoms with E-state index < -0.39 is 35.6 Å². The summed E-state index contributed by atoms with van der Waals surface area (Å²) < 4.78 is 43.3. The fourth-order valence-corrected chi connectivity index (χ4v) is 5.97. The Morgan fingerprint density at radius 3 is 2.58 bits per heavy atom. The minimum atomic E-state index is -1.18. The van der Waals surface area contributed by atoms with E-state index in [1.54, 1.807) is 0 Å². The van der Waals surface area contributed by atoms with Gasteiger partial charge in [-0.1, -0.05) is 0 Å². The molecular formula is C23H22F3N5O2. The molecule has 0 saturated heterocycles. The van der Waals surface area contributed by atoms with Crippen LogP contribution in [0.25, 0.3) is 22.6 Å². The first-order valence-electron chi connectivity index (χ1n) is 11.3. The normalized spacial score (nSPS) is 30.6. The van der Waals surface area contributed by atoms with E-state index in [-0.39, 0.29) is 59.1 Å². The Balaban J connectivity index is 1.45. The number of aromatic amines is 1. The first kappa shape index (κ1) is 20.6. The number of halogens is 3. The molecule has 0 spiro atoms. The number of fused-ring (bicyclic) bond motifs is 4. The molecule has 3 aromatic rings. The number of alkyl halides is 1. The fraction of sp³-hybridized carbons (Fsp3) is 0.522. The Morgan fingerprint density at radius 1 is 1.15 bits per heavy atom. The molecule has 33 heavy (non-hydrogen) atoms. The van der Waals surface area contributed by atoms with Gasteiger partial charge in [0.1, 0.15) is 17.7 Å². The zero-order valence-corrected chi connectivity index (χ0v) is 17.6. The van der Waals surface area contributed by atoms with Crippen LogP contribution in [-0.4, -0.2) is 42.4 Å². The number of carboxylic acids is 1. The molecule has 4 atom stereocenters. The third-order valence-electron chi connectivity index (χ3n) is 7.71. The SMILES string of the molecule is O=C(O)C1C2CCC(CC2)C1Cc1nc(-c2[nH]nc3ncc(F)cc23)nc(C2CC2F)c1F. The first-order valence-corrected chi connectivity index (χ1v) is 11.3. The maximum absolute atomic E-state index is 15.5. The van der Waals surface area contributed by atoms with E-state index >= 15 is 4.39 Å². The lowest BCUT2D eigenvalue weighted by molar-refractivity contribution is -0.152. The second-order valence-electron chi connectivity index (χ2n) is 9.58. The van der Waals surface area contributed by atoms with Gasteiger partial charge >= 0.3 is 5.97 Å². The Hall–Kier alpha value is -3.04. The molecule has 0 aliphatic heterocycles. The van der Waals surface area contributed by atoms with E-state index in [2.05, 4.69) is 25.1 Å². The summed E-state index contributed by atoms with van der Waals surface area (Å²) in [5.74, 6) is -3.15. The molecule has 4 unspecified atom stereocenters. The average Bonchev–Trinajstić information content (AvgIpc) is 3.38. The van der Waals surface area contributed by atoms with Crippen LogP contribution in [0.3, 0.4) is 0 Å². The maximum atomic E-state index is 15.5. The number of nitrogens with zero attached hydrogens (tertiary/aromatic N) is 4. The molecule has 3 aromatic heterocycles. The van der Waals surface area contributed by atoms with Crippen molar-refractivity contribution in [3.8, 4) is 11.5 Å². The number of H-pyrrole nitrogens is 1. The van der Waals surface area contributed by atoms with Gasteiger partial charge in [-0.15, -0.1) is 0 Å². The van der Waals surface area contributed by atoms with Gasteiger partial charge in [0.15, 0.2) is 17.3 Å². The molecule has 7 rings (SSSR count). The number of carbonyl (C=O) groups is 1. The molecule has 4 aliphatic rings. The minimum Gasteiger partial charge on any atom is -0.481 e. The topological polar surface area (TPSA) is 105 Å². The highest BCUT2D eigenvalue weighted by molar-refractivity contribution is 5.88. The quantitative estimate of drug-likeness (QED) is 0.595. The monoisotopic (exact) mass is 457 g/mol. The van der Waals surface area contributed by atoms with Crippen LogP contribution in [0, 0.1) is 35.3 Å². The van der Waals surface area contributed by atoms with Crippen LogP contribution in [0.2, 0.25) is 0 Å². The van der Waals surface area contributed by atoms with Gasteiger partial charge in [0, 0.05) is 5.92 Å². The van der Waals surface area contributed by atoms with Gasteiger partial charge in [0.05, 0.1) is 28.9 Å². The number of aliphatic carboxylic acids is 1. The van der Waals surface area contributed by atoms with Crippen molar-refractivity contribution in [1.82, 2.24) is 25.1 Å². The van der Waals surface area contributed by atoms with Crippen LogP contribution >= 0.6 is 0 Å². The van der Waals surface area contributed by atoms with E-state index in [0.717, 1.165) is 31.9 Å². The zero-order chi connectivity index (χ0) is 22.9. The number of hydrogen-bond acceptors (Lipinski definition) is 5. The summed E-state index contributed by atoms with van der Waals surface area (Å²) in [6.45, 7) is 0. The Kier molecular flexibility index (Phi) is 4.67. The summed E-state index contributed by atoms with van der Waals surface area (Å²) >= 11 is 0. The number of nitrogens with one attached hydrogen (secondary N) is 1. The first-order chi connectivity index (χ1) is 15.9. The second kappa shape index (κ2) is 7.50. The predicted octanol–water partition coefficient (Wildman–Crippen LogP) is 4.20. The number of pyridine rings is 1. The standard InChI is InChI=1S/C23H22F3N5O2/c24-11-5-14-20(30-31-21(14)27-8-11)22-28-16(18(26)19(29-22)13-6-15(13)25)7-12-9-1-3-10(4-2-9)17(12)23(32)33/h5,8-10,12-13,15,17H,1-4,6-7H2,(H,32,33)(H,27,30,31). The molecule has 4 aliphatic carbocycles. The highest BCUT2D eigenvalue weighted by Gasteiger charge is 2.48. The van der Waals surface area contributed by atoms with Crippen molar-refractivity contribution in [2.45, 2.75) is 50.6 Å². The van der Waals surface area contributed by atoms with E-state index in [4.69, 9.17) is 0 Å². The summed E-state index contributed by atoms with van der Waals surface area (Å²) in [7, 11) is 0. The van der Waals surface area contributed by atoms with Crippen LogP contribution in [0.15, 0.2) is 12.3 Å². The van der Waals surface area contributed by atoms with E-state index in [1.165, 1.54) is 6.07 Å². The molecule has 0 radical (unpaired) electrons. The summed E-state index contributed by atoms with van der Waals surface area (Å²) in [6.07, 6.45) is 3.81. The molecule has 3 heterocycles. The molecule has 2 N–H and O–H groups in total.